The van der Waals surface area contributed by atoms with Gasteiger partial charge in [-0.1, -0.05) is 96.8 Å². The van der Waals surface area contributed by atoms with E-state index in [0.29, 0.717) is 59.3 Å². The molecule has 0 bridgehead atoms. The summed E-state index contributed by atoms with van der Waals surface area (Å²) in [6.07, 6.45) is 20.3. The van der Waals surface area contributed by atoms with Crippen molar-refractivity contribution in [1.82, 2.24) is 0 Å². The van der Waals surface area contributed by atoms with Gasteiger partial charge < -0.3 is 28.4 Å². The number of hydrogen-bond donors (Lipinski definition) is 0. The summed E-state index contributed by atoms with van der Waals surface area (Å²) in [6.45, 7) is 7.72. The van der Waals surface area contributed by atoms with Gasteiger partial charge in [0.1, 0.15) is 13.2 Å². The molecule has 0 heterocycles. The maximum absolute atomic E-state index is 11.8. The third kappa shape index (κ3) is 32.8. The van der Waals surface area contributed by atoms with Gasteiger partial charge in [0.2, 0.25) is 0 Å². The maximum atomic E-state index is 11.8. The van der Waals surface area contributed by atoms with Crippen LogP contribution in [0.15, 0.2) is 0 Å². The van der Waals surface area contributed by atoms with Crippen LogP contribution in [-0.4, -0.2) is 78.0 Å². The molecule has 0 radical (unpaired) electrons. The van der Waals surface area contributed by atoms with E-state index in [4.69, 9.17) is 28.4 Å². The van der Waals surface area contributed by atoms with Gasteiger partial charge in [-0.3, -0.25) is 9.59 Å². The van der Waals surface area contributed by atoms with Crippen molar-refractivity contribution in [2.24, 2.45) is 0 Å². The molecule has 0 aliphatic carbocycles. The predicted molar refractivity (Wildman–Crippen MR) is 150 cm³/mol. The van der Waals surface area contributed by atoms with Gasteiger partial charge in [0.25, 0.3) is 0 Å². The van der Waals surface area contributed by atoms with Gasteiger partial charge in [0, 0.05) is 13.3 Å². The van der Waals surface area contributed by atoms with Crippen molar-refractivity contribution < 1.29 is 38.0 Å². The fourth-order valence-electron chi connectivity index (χ4n) is 3.93. The summed E-state index contributed by atoms with van der Waals surface area (Å²) in [5.41, 5.74) is 0. The fourth-order valence-corrected chi connectivity index (χ4v) is 3.93. The van der Waals surface area contributed by atoms with E-state index in [-0.39, 0.29) is 25.2 Å². The van der Waals surface area contributed by atoms with Gasteiger partial charge in [-0.15, -0.1) is 0 Å². The summed E-state index contributed by atoms with van der Waals surface area (Å²) in [7, 11) is 0. The van der Waals surface area contributed by atoms with Crippen LogP contribution < -0.4 is 0 Å². The molecule has 0 saturated heterocycles. The smallest absolute Gasteiger partial charge is 0.305 e. The average Bonchev–Trinajstić information content (AvgIpc) is 2.90. The minimum atomic E-state index is -0.308. The Morgan fingerprint density at radius 2 is 0.737 bits per heavy atom. The maximum Gasteiger partial charge on any atom is 0.305 e. The molecule has 0 aromatic carbocycles. The highest BCUT2D eigenvalue weighted by atomic mass is 16.6. The Hall–Kier alpha value is -1.22. The van der Waals surface area contributed by atoms with Crippen LogP contribution in [0, 0.1) is 0 Å². The number of carbonyl (C=O) groups is 2. The lowest BCUT2D eigenvalue weighted by Crippen LogP contribution is -2.15. The monoisotopic (exact) mass is 546 g/mol. The topological polar surface area (TPSA) is 89.5 Å². The number of esters is 2. The first-order chi connectivity index (χ1) is 18.7. The van der Waals surface area contributed by atoms with Crippen molar-refractivity contribution in [1.29, 1.82) is 0 Å². The molecule has 0 unspecified atom stereocenters. The summed E-state index contributed by atoms with van der Waals surface area (Å²) in [5, 5.41) is 0. The van der Waals surface area contributed by atoms with Gasteiger partial charge in [-0.05, 0) is 6.42 Å². The molecular weight excluding hydrogens is 488 g/mol. The van der Waals surface area contributed by atoms with Crippen molar-refractivity contribution >= 4 is 11.9 Å². The summed E-state index contributed by atoms with van der Waals surface area (Å²) in [6, 6.07) is 0. The highest BCUT2D eigenvalue weighted by Gasteiger charge is 2.03. The van der Waals surface area contributed by atoms with Crippen molar-refractivity contribution in [2.45, 2.75) is 117 Å². The molecular formula is C30H58O8. The minimum Gasteiger partial charge on any atom is -0.463 e. The third-order valence-corrected chi connectivity index (χ3v) is 6.12. The zero-order chi connectivity index (χ0) is 27.8. The van der Waals surface area contributed by atoms with Crippen molar-refractivity contribution in [3.8, 4) is 0 Å². The molecule has 0 N–H and O–H groups in total. The van der Waals surface area contributed by atoms with Crippen LogP contribution in [0.5, 0.6) is 0 Å². The minimum absolute atomic E-state index is 0.132. The Balaban J connectivity index is 3.15. The van der Waals surface area contributed by atoms with Crippen LogP contribution in [0.2, 0.25) is 0 Å². The predicted octanol–water partition coefficient (Wildman–Crippen LogP) is 6.42. The Labute approximate surface area is 232 Å². The molecule has 0 saturated carbocycles. The summed E-state index contributed by atoms with van der Waals surface area (Å²) in [5.74, 6) is -0.440. The Bertz CT molecular complexity index is 501. The zero-order valence-electron chi connectivity index (χ0n) is 24.7. The molecule has 8 nitrogen and oxygen atoms in total. The molecule has 0 aliphatic rings. The highest BCUT2D eigenvalue weighted by molar-refractivity contribution is 5.69. The first-order valence-electron chi connectivity index (χ1n) is 15.3. The van der Waals surface area contributed by atoms with Crippen LogP contribution in [0.1, 0.15) is 117 Å². The first kappa shape index (κ1) is 36.8. The van der Waals surface area contributed by atoms with E-state index in [9.17, 15) is 9.59 Å². The van der Waals surface area contributed by atoms with Gasteiger partial charge in [0.15, 0.2) is 0 Å². The van der Waals surface area contributed by atoms with E-state index in [1.165, 1.54) is 90.4 Å². The lowest BCUT2D eigenvalue weighted by Gasteiger charge is -2.08. The van der Waals surface area contributed by atoms with Crippen LogP contribution >= 0.6 is 0 Å². The summed E-state index contributed by atoms with van der Waals surface area (Å²) >= 11 is 0. The van der Waals surface area contributed by atoms with E-state index < -0.39 is 0 Å². The van der Waals surface area contributed by atoms with Crippen LogP contribution in [0.3, 0.4) is 0 Å². The fraction of sp³-hybridized carbons (Fsp3) is 0.933. The number of rotatable bonds is 31. The molecule has 226 valence electrons. The molecule has 0 fully saturated rings. The van der Waals surface area contributed by atoms with Crippen LogP contribution in [0.25, 0.3) is 0 Å². The third-order valence-electron chi connectivity index (χ3n) is 6.12. The largest absolute Gasteiger partial charge is 0.463 e. The number of unbranched alkanes of at least 4 members (excludes halogenated alkanes) is 14. The normalized spacial score (nSPS) is 11.1. The van der Waals surface area contributed by atoms with Gasteiger partial charge in [-0.25, -0.2) is 0 Å². The van der Waals surface area contributed by atoms with E-state index >= 15 is 0 Å². The number of carbonyl (C=O) groups excluding carboxylic acids is 2. The molecule has 0 rings (SSSR count). The molecule has 0 aromatic heterocycles. The zero-order valence-corrected chi connectivity index (χ0v) is 24.7. The van der Waals surface area contributed by atoms with Crippen LogP contribution in [-0.2, 0) is 38.0 Å². The first-order valence-corrected chi connectivity index (χ1v) is 15.3. The number of hydrogen-bond acceptors (Lipinski definition) is 8. The molecule has 0 aliphatic heterocycles. The van der Waals surface area contributed by atoms with E-state index in [1.807, 2.05) is 0 Å². The van der Waals surface area contributed by atoms with Gasteiger partial charge in [-0.2, -0.15) is 0 Å². The molecule has 8 heteroatoms. The Kier molecular flexibility index (Phi) is 31.0. The van der Waals surface area contributed by atoms with Crippen molar-refractivity contribution in [3.05, 3.63) is 0 Å². The van der Waals surface area contributed by atoms with Crippen LogP contribution in [0.4, 0.5) is 0 Å². The van der Waals surface area contributed by atoms with E-state index in [1.54, 1.807) is 0 Å². The molecule has 0 spiro atoms. The standard InChI is InChI=1S/C30H58O8/c1-3-4-5-6-7-8-9-10-11-12-13-14-15-16-17-18-30(32)38-28-26-36-24-22-34-20-19-33-21-23-35-25-27-37-29(2)31/h3-28H2,1-2H3. The molecule has 38 heavy (non-hydrogen) atoms. The SMILES string of the molecule is CCCCCCCCCCCCCCCCCC(=O)OCCOCCOCCOCCOCCOC(C)=O. The second kappa shape index (κ2) is 32.0. The van der Waals surface area contributed by atoms with Gasteiger partial charge >= 0.3 is 11.9 Å². The second-order valence-corrected chi connectivity index (χ2v) is 9.71. The highest BCUT2D eigenvalue weighted by Crippen LogP contribution is 2.13. The van der Waals surface area contributed by atoms with Crippen molar-refractivity contribution in [3.63, 3.8) is 0 Å². The lowest BCUT2D eigenvalue weighted by atomic mass is 10.0. The molecule has 0 atom stereocenters. The summed E-state index contributed by atoms with van der Waals surface area (Å²) in [4.78, 5) is 22.4. The summed E-state index contributed by atoms with van der Waals surface area (Å²) < 4.78 is 31.4. The van der Waals surface area contributed by atoms with E-state index in [0.717, 1.165) is 12.8 Å². The Morgan fingerprint density at radius 1 is 0.421 bits per heavy atom. The number of ether oxygens (including phenoxy) is 6. The molecule has 0 aromatic rings. The lowest BCUT2D eigenvalue weighted by molar-refractivity contribution is -0.145. The second-order valence-electron chi connectivity index (χ2n) is 9.71. The molecule has 0 amide bonds. The van der Waals surface area contributed by atoms with E-state index in [2.05, 4.69) is 6.92 Å². The van der Waals surface area contributed by atoms with Crippen molar-refractivity contribution in [2.75, 3.05) is 66.1 Å². The quantitative estimate of drug-likeness (QED) is 0.0727. The van der Waals surface area contributed by atoms with Gasteiger partial charge in [0.05, 0.1) is 52.9 Å². The average molecular weight is 547 g/mol. The Morgan fingerprint density at radius 3 is 1.11 bits per heavy atom.